The van der Waals surface area contributed by atoms with Crippen molar-refractivity contribution < 1.29 is 29.1 Å². The number of likely N-dealkylation sites (tertiary alicyclic amines) is 1. The summed E-state index contributed by atoms with van der Waals surface area (Å²) in [6, 6.07) is 45.3. The van der Waals surface area contributed by atoms with Gasteiger partial charge in [0.1, 0.15) is 28.8 Å². The highest BCUT2D eigenvalue weighted by Crippen LogP contribution is 2.32. The molecule has 1 aliphatic heterocycles. The number of nitrogens with one attached hydrogen (secondary N) is 4. The number of para-hydroxylation sites is 5. The van der Waals surface area contributed by atoms with Crippen LogP contribution in [0.25, 0.3) is 54.5 Å². The summed E-state index contributed by atoms with van der Waals surface area (Å²) >= 11 is 0. The molecule has 5 aromatic heterocycles. The number of carbonyl (C=O) groups excluding carboxylic acids is 4. The SMILES string of the molecule is C[C@H](c1ccc2cccc(NC(=O)c3ccc4cccc(NC(=O)c5ccc6cccc(NC(=O)c7ccc8cccc(NC(=O)c9ccc%10ccccc%10n9)c8n7)c6n5)c4n3)c2n1)N1CCC[C@H]1C(=O)O. The zero-order valence-electron chi connectivity index (χ0n) is 38.5. The van der Waals surface area contributed by atoms with Crippen molar-refractivity contribution >= 4 is 107 Å². The number of nitrogens with zero attached hydrogens (tertiary/aromatic N) is 6. The maximum atomic E-state index is 14.0. The molecular formula is C56H42N10O6. The molecule has 0 radical (unpaired) electrons. The Kier molecular flexibility index (Phi) is 11.7. The van der Waals surface area contributed by atoms with Crippen molar-refractivity contribution in [3.05, 3.63) is 186 Å². The number of pyridine rings is 5. The molecule has 0 unspecified atom stereocenters. The van der Waals surface area contributed by atoms with Crippen molar-refractivity contribution in [2.45, 2.75) is 31.8 Å². The Balaban J connectivity index is 0.812. The molecule has 1 aliphatic rings. The molecule has 0 spiro atoms. The Morgan fingerprint density at radius 2 is 0.833 bits per heavy atom. The van der Waals surface area contributed by atoms with Gasteiger partial charge in [-0.15, -0.1) is 0 Å². The van der Waals surface area contributed by atoms with Gasteiger partial charge < -0.3 is 26.4 Å². The van der Waals surface area contributed by atoms with E-state index in [9.17, 15) is 29.1 Å². The normalized spacial score (nSPS) is 14.1. The molecule has 4 amide bonds. The highest BCUT2D eigenvalue weighted by atomic mass is 16.4. The predicted octanol–water partition coefficient (Wildman–Crippen LogP) is 10.0. The van der Waals surface area contributed by atoms with E-state index in [0.717, 1.165) is 17.2 Å². The molecule has 6 heterocycles. The maximum Gasteiger partial charge on any atom is 0.320 e. The number of aromatic nitrogens is 5. The Hall–Kier alpha value is -9.54. The van der Waals surface area contributed by atoms with E-state index in [1.54, 1.807) is 84.9 Å². The first-order valence-corrected chi connectivity index (χ1v) is 23.2. The highest BCUT2D eigenvalue weighted by Gasteiger charge is 2.35. The number of hydrogen-bond acceptors (Lipinski definition) is 11. The topological polar surface area (TPSA) is 221 Å². The van der Waals surface area contributed by atoms with Crippen LogP contribution >= 0.6 is 0 Å². The molecule has 72 heavy (non-hydrogen) atoms. The smallest absolute Gasteiger partial charge is 0.320 e. The molecule has 11 rings (SSSR count). The molecule has 16 heteroatoms. The number of fused-ring (bicyclic) bond motifs is 5. The van der Waals surface area contributed by atoms with E-state index in [0.29, 0.717) is 85.2 Å². The summed E-state index contributed by atoms with van der Waals surface area (Å²) in [5.74, 6) is -2.87. The predicted molar refractivity (Wildman–Crippen MR) is 276 cm³/mol. The third-order valence-electron chi connectivity index (χ3n) is 12.9. The molecular weight excluding hydrogens is 909 g/mol. The van der Waals surface area contributed by atoms with Gasteiger partial charge in [0, 0.05) is 26.9 Å². The Labute approximate surface area is 410 Å². The van der Waals surface area contributed by atoms with Gasteiger partial charge in [-0.05, 0) is 87.0 Å². The molecule has 2 atom stereocenters. The van der Waals surface area contributed by atoms with Gasteiger partial charge in [0.15, 0.2) is 0 Å². The fourth-order valence-electron chi connectivity index (χ4n) is 9.24. The summed E-state index contributed by atoms with van der Waals surface area (Å²) in [4.78, 5) is 92.5. The minimum absolute atomic E-state index is 0.0561. The average Bonchev–Trinajstić information content (AvgIpc) is 3.91. The lowest BCUT2D eigenvalue weighted by Gasteiger charge is -2.28. The van der Waals surface area contributed by atoms with Gasteiger partial charge in [0.2, 0.25) is 0 Å². The first-order chi connectivity index (χ1) is 35.0. The zero-order valence-corrected chi connectivity index (χ0v) is 38.5. The van der Waals surface area contributed by atoms with Crippen molar-refractivity contribution in [2.75, 3.05) is 27.8 Å². The van der Waals surface area contributed by atoms with Crippen LogP contribution in [-0.2, 0) is 4.79 Å². The zero-order chi connectivity index (χ0) is 49.5. The van der Waals surface area contributed by atoms with Crippen LogP contribution < -0.4 is 21.3 Å². The van der Waals surface area contributed by atoms with Gasteiger partial charge in [-0.3, -0.25) is 28.9 Å². The van der Waals surface area contributed by atoms with Gasteiger partial charge in [-0.1, -0.05) is 97.1 Å². The van der Waals surface area contributed by atoms with E-state index in [4.69, 9.17) is 15.0 Å². The molecule has 352 valence electrons. The molecule has 0 bridgehead atoms. The van der Waals surface area contributed by atoms with Crippen LogP contribution in [0, 0.1) is 0 Å². The first kappa shape index (κ1) is 44.9. The Morgan fingerprint density at radius 3 is 1.28 bits per heavy atom. The minimum Gasteiger partial charge on any atom is -0.480 e. The summed E-state index contributed by atoms with van der Waals surface area (Å²) in [7, 11) is 0. The second kappa shape index (κ2) is 18.8. The van der Waals surface area contributed by atoms with Crippen LogP contribution in [-0.4, -0.2) is 77.1 Å². The number of aliphatic carboxylic acids is 1. The average molecular weight is 951 g/mol. The largest absolute Gasteiger partial charge is 0.480 e. The second-order valence-corrected chi connectivity index (χ2v) is 17.5. The number of anilines is 4. The van der Waals surface area contributed by atoms with E-state index in [1.807, 2.05) is 84.6 Å². The van der Waals surface area contributed by atoms with Crippen LogP contribution in [0.1, 0.15) is 73.5 Å². The molecule has 5 N–H and O–H groups in total. The summed E-state index contributed by atoms with van der Waals surface area (Å²) in [6.07, 6.45) is 1.36. The summed E-state index contributed by atoms with van der Waals surface area (Å²) in [6.45, 7) is 2.59. The minimum atomic E-state index is -0.852. The summed E-state index contributed by atoms with van der Waals surface area (Å²) in [5.41, 5.74) is 5.07. The van der Waals surface area contributed by atoms with Crippen molar-refractivity contribution in [1.29, 1.82) is 0 Å². The maximum absolute atomic E-state index is 14.0. The molecule has 16 nitrogen and oxygen atoms in total. The second-order valence-electron chi connectivity index (χ2n) is 17.5. The highest BCUT2D eigenvalue weighted by molar-refractivity contribution is 6.13. The number of benzene rings is 5. The van der Waals surface area contributed by atoms with Crippen molar-refractivity contribution in [2.24, 2.45) is 0 Å². The van der Waals surface area contributed by atoms with Crippen molar-refractivity contribution in [3.63, 3.8) is 0 Å². The molecule has 1 fully saturated rings. The number of hydrogen-bond donors (Lipinski definition) is 5. The Bertz CT molecular complexity index is 3880. The van der Waals surface area contributed by atoms with E-state index in [-0.39, 0.29) is 28.8 Å². The molecule has 0 saturated carbocycles. The monoisotopic (exact) mass is 950 g/mol. The van der Waals surface area contributed by atoms with Gasteiger partial charge in [0.05, 0.1) is 62.1 Å². The van der Waals surface area contributed by atoms with E-state index >= 15 is 0 Å². The third-order valence-corrected chi connectivity index (χ3v) is 12.9. The molecule has 0 aliphatic carbocycles. The van der Waals surface area contributed by atoms with Gasteiger partial charge in [-0.25, -0.2) is 24.9 Å². The van der Waals surface area contributed by atoms with E-state index in [1.165, 1.54) is 0 Å². The van der Waals surface area contributed by atoms with Crippen LogP contribution in [0.5, 0.6) is 0 Å². The first-order valence-electron chi connectivity index (χ1n) is 23.2. The number of rotatable bonds is 11. The number of carboxylic acid groups (broad SMARTS) is 1. The fraction of sp³-hybridized carbons (Fsp3) is 0.107. The number of carbonyl (C=O) groups is 5. The third kappa shape index (κ3) is 8.73. The van der Waals surface area contributed by atoms with Crippen molar-refractivity contribution in [3.8, 4) is 0 Å². The number of carboxylic acids is 1. The fourth-order valence-corrected chi connectivity index (χ4v) is 9.24. The quantitative estimate of drug-likeness (QED) is 0.0818. The van der Waals surface area contributed by atoms with Gasteiger partial charge in [-0.2, -0.15) is 0 Å². The standard InChI is InChI=1S/C56H42N10O6/c1-31(66-30-8-19-47(66)56(71)72)37-25-21-33-10-4-15-39(48(33)58-37)63-53(68)44-27-23-35-12-6-17-41(50(35)60-44)65-55(70)46-29-24-36-13-7-18-42(51(36)61-46)64-54(69)45-28-22-34-11-5-16-40(49(34)59-45)62-52(67)43-26-20-32-9-2-3-14-38(32)57-43/h2-7,9-18,20-29,31,47H,8,19,30H2,1H3,(H,62,67)(H,63,68)(H,64,69)(H,65,70)(H,71,72)/t31-,47+/m1/s1. The Morgan fingerprint density at radius 1 is 0.458 bits per heavy atom. The van der Waals surface area contributed by atoms with Crippen LogP contribution in [0.15, 0.2) is 158 Å². The van der Waals surface area contributed by atoms with Crippen LogP contribution in [0.2, 0.25) is 0 Å². The van der Waals surface area contributed by atoms with E-state index in [2.05, 4.69) is 31.2 Å². The van der Waals surface area contributed by atoms with Gasteiger partial charge >= 0.3 is 5.97 Å². The molecule has 1 saturated heterocycles. The van der Waals surface area contributed by atoms with Crippen molar-refractivity contribution in [1.82, 2.24) is 29.8 Å². The number of amides is 4. The lowest BCUT2D eigenvalue weighted by molar-refractivity contribution is -0.142. The lowest BCUT2D eigenvalue weighted by atomic mass is 10.1. The summed E-state index contributed by atoms with van der Waals surface area (Å²) in [5, 5.41) is 25.2. The van der Waals surface area contributed by atoms with Crippen LogP contribution in [0.4, 0.5) is 22.7 Å². The molecule has 5 aromatic carbocycles. The summed E-state index contributed by atoms with van der Waals surface area (Å²) < 4.78 is 0. The van der Waals surface area contributed by atoms with E-state index < -0.39 is 35.6 Å². The van der Waals surface area contributed by atoms with Crippen LogP contribution in [0.3, 0.4) is 0 Å². The lowest BCUT2D eigenvalue weighted by Crippen LogP contribution is -2.38. The van der Waals surface area contributed by atoms with Gasteiger partial charge in [0.25, 0.3) is 23.6 Å². The molecule has 10 aromatic rings.